The second-order valence-corrected chi connectivity index (χ2v) is 5.36. The standard InChI is InChI=1S/C16H19ClN2O2/c1-11-9-15(16(21)10-18-7-8-20)12(2)19(11)14-5-3-13(17)4-6-14/h3-6,9,18,20H,7-8,10H2,1-2H3. The number of aryl methyl sites for hydroxylation is 1. The topological polar surface area (TPSA) is 54.3 Å². The summed E-state index contributed by atoms with van der Waals surface area (Å²) >= 11 is 5.91. The van der Waals surface area contributed by atoms with E-state index in [0.717, 1.165) is 17.1 Å². The summed E-state index contributed by atoms with van der Waals surface area (Å²) in [7, 11) is 0. The van der Waals surface area contributed by atoms with Crippen LogP contribution in [-0.4, -0.2) is 35.2 Å². The maximum atomic E-state index is 12.2. The van der Waals surface area contributed by atoms with Gasteiger partial charge in [-0.3, -0.25) is 4.79 Å². The number of aliphatic hydroxyl groups is 1. The zero-order valence-corrected chi connectivity index (χ0v) is 12.9. The van der Waals surface area contributed by atoms with Gasteiger partial charge in [-0.2, -0.15) is 0 Å². The highest BCUT2D eigenvalue weighted by molar-refractivity contribution is 6.30. The Hall–Kier alpha value is -1.62. The van der Waals surface area contributed by atoms with Crippen molar-refractivity contribution in [2.45, 2.75) is 13.8 Å². The summed E-state index contributed by atoms with van der Waals surface area (Å²) in [6.45, 7) is 4.57. The summed E-state index contributed by atoms with van der Waals surface area (Å²) in [6.07, 6.45) is 0. The van der Waals surface area contributed by atoms with Crippen molar-refractivity contribution in [3.8, 4) is 5.69 Å². The molecule has 0 fully saturated rings. The molecule has 0 atom stereocenters. The number of benzene rings is 1. The van der Waals surface area contributed by atoms with E-state index in [1.807, 2.05) is 48.7 Å². The SMILES string of the molecule is Cc1cc(C(=O)CNCCO)c(C)n1-c1ccc(Cl)cc1. The molecule has 0 unspecified atom stereocenters. The summed E-state index contributed by atoms with van der Waals surface area (Å²) in [5.74, 6) is 0.0248. The number of hydrogen-bond acceptors (Lipinski definition) is 3. The van der Waals surface area contributed by atoms with Gasteiger partial charge in [-0.1, -0.05) is 11.6 Å². The Bertz CT molecular complexity index is 632. The quantitative estimate of drug-likeness (QED) is 0.637. The largest absolute Gasteiger partial charge is 0.395 e. The molecule has 0 bridgehead atoms. The molecule has 0 amide bonds. The zero-order valence-electron chi connectivity index (χ0n) is 12.2. The Kier molecular flexibility index (Phi) is 5.17. The average Bonchev–Trinajstić information content (AvgIpc) is 2.76. The third kappa shape index (κ3) is 3.53. The number of rotatable bonds is 6. The molecule has 1 aromatic heterocycles. The van der Waals surface area contributed by atoms with Gasteiger partial charge in [0.25, 0.3) is 0 Å². The van der Waals surface area contributed by atoms with Gasteiger partial charge >= 0.3 is 0 Å². The van der Waals surface area contributed by atoms with Crippen LogP contribution in [0.2, 0.25) is 5.02 Å². The fraction of sp³-hybridized carbons (Fsp3) is 0.312. The molecule has 4 nitrogen and oxygen atoms in total. The molecule has 0 aliphatic heterocycles. The van der Waals surface area contributed by atoms with Crippen LogP contribution in [-0.2, 0) is 0 Å². The van der Waals surface area contributed by atoms with E-state index in [9.17, 15) is 4.79 Å². The number of nitrogens with one attached hydrogen (secondary N) is 1. The lowest BCUT2D eigenvalue weighted by molar-refractivity contribution is 0.0989. The third-order valence-corrected chi connectivity index (χ3v) is 3.64. The van der Waals surface area contributed by atoms with Gasteiger partial charge in [0.05, 0.1) is 13.2 Å². The van der Waals surface area contributed by atoms with Crippen LogP contribution in [0.15, 0.2) is 30.3 Å². The number of aromatic nitrogens is 1. The second-order valence-electron chi connectivity index (χ2n) is 4.92. The highest BCUT2D eigenvalue weighted by atomic mass is 35.5. The number of Topliss-reactive ketones (excluding diaryl/α,β-unsaturated/α-hetero) is 1. The molecule has 2 aromatic rings. The predicted octanol–water partition coefficient (Wildman–Crippen LogP) is 2.51. The van der Waals surface area contributed by atoms with Crippen LogP contribution < -0.4 is 5.32 Å². The molecule has 0 saturated carbocycles. The van der Waals surface area contributed by atoms with Crippen LogP contribution >= 0.6 is 11.6 Å². The maximum Gasteiger partial charge on any atom is 0.178 e. The van der Waals surface area contributed by atoms with Crippen molar-refractivity contribution in [3.05, 3.63) is 52.3 Å². The molecule has 0 radical (unpaired) electrons. The number of aliphatic hydroxyl groups excluding tert-OH is 1. The van der Waals surface area contributed by atoms with Crippen molar-refractivity contribution >= 4 is 17.4 Å². The van der Waals surface area contributed by atoms with E-state index in [1.54, 1.807) is 0 Å². The fourth-order valence-electron chi connectivity index (χ4n) is 2.41. The van der Waals surface area contributed by atoms with E-state index < -0.39 is 0 Å². The minimum Gasteiger partial charge on any atom is -0.395 e. The Morgan fingerprint density at radius 1 is 1.29 bits per heavy atom. The van der Waals surface area contributed by atoms with Gasteiger partial charge in [0, 0.05) is 34.2 Å². The zero-order chi connectivity index (χ0) is 15.4. The van der Waals surface area contributed by atoms with Gasteiger partial charge in [0.2, 0.25) is 0 Å². The smallest absolute Gasteiger partial charge is 0.178 e. The summed E-state index contributed by atoms with van der Waals surface area (Å²) in [6, 6.07) is 9.42. The van der Waals surface area contributed by atoms with Crippen LogP contribution in [0.25, 0.3) is 5.69 Å². The highest BCUT2D eigenvalue weighted by Gasteiger charge is 2.16. The second kappa shape index (κ2) is 6.89. The van der Waals surface area contributed by atoms with Crippen molar-refractivity contribution in [2.24, 2.45) is 0 Å². The minimum absolute atomic E-state index is 0.0248. The lowest BCUT2D eigenvalue weighted by atomic mass is 10.1. The molecule has 112 valence electrons. The summed E-state index contributed by atoms with van der Waals surface area (Å²) in [5, 5.41) is 12.3. The first-order valence-corrected chi connectivity index (χ1v) is 7.22. The number of halogens is 1. The van der Waals surface area contributed by atoms with Gasteiger partial charge in [-0.25, -0.2) is 0 Å². The highest BCUT2D eigenvalue weighted by Crippen LogP contribution is 2.22. The molecule has 0 aliphatic rings. The first kappa shape index (κ1) is 15.8. The molecule has 1 aromatic carbocycles. The van der Waals surface area contributed by atoms with Gasteiger partial charge in [0.15, 0.2) is 5.78 Å². The molecule has 5 heteroatoms. The van der Waals surface area contributed by atoms with Crippen molar-refractivity contribution in [1.82, 2.24) is 9.88 Å². The van der Waals surface area contributed by atoms with E-state index >= 15 is 0 Å². The molecule has 0 spiro atoms. The summed E-state index contributed by atoms with van der Waals surface area (Å²) in [5.41, 5.74) is 3.59. The van der Waals surface area contributed by atoms with Crippen molar-refractivity contribution in [1.29, 1.82) is 0 Å². The fourth-order valence-corrected chi connectivity index (χ4v) is 2.53. The summed E-state index contributed by atoms with van der Waals surface area (Å²) in [4.78, 5) is 12.2. The van der Waals surface area contributed by atoms with E-state index in [2.05, 4.69) is 5.32 Å². The minimum atomic E-state index is 0.0248. The number of nitrogens with zero attached hydrogens (tertiary/aromatic N) is 1. The van der Waals surface area contributed by atoms with Crippen LogP contribution in [0.1, 0.15) is 21.7 Å². The van der Waals surface area contributed by atoms with Crippen molar-refractivity contribution in [3.63, 3.8) is 0 Å². The first-order chi connectivity index (χ1) is 10.0. The predicted molar refractivity (Wildman–Crippen MR) is 84.5 cm³/mol. The Morgan fingerprint density at radius 2 is 1.95 bits per heavy atom. The van der Waals surface area contributed by atoms with E-state index in [-0.39, 0.29) is 18.9 Å². The van der Waals surface area contributed by atoms with Crippen molar-refractivity contribution in [2.75, 3.05) is 19.7 Å². The number of ketones is 1. The average molecular weight is 307 g/mol. The van der Waals surface area contributed by atoms with E-state index in [1.165, 1.54) is 0 Å². The molecular weight excluding hydrogens is 288 g/mol. The molecule has 0 aliphatic carbocycles. The van der Waals surface area contributed by atoms with Gasteiger partial charge < -0.3 is 15.0 Å². The third-order valence-electron chi connectivity index (χ3n) is 3.39. The maximum absolute atomic E-state index is 12.2. The lowest BCUT2D eigenvalue weighted by Gasteiger charge is -2.10. The monoisotopic (exact) mass is 306 g/mol. The molecule has 1 heterocycles. The lowest BCUT2D eigenvalue weighted by Crippen LogP contribution is -2.26. The molecule has 0 saturated heterocycles. The van der Waals surface area contributed by atoms with Gasteiger partial charge in [0.1, 0.15) is 0 Å². The molecular formula is C16H19ClN2O2. The molecule has 2 rings (SSSR count). The van der Waals surface area contributed by atoms with Crippen LogP contribution in [0, 0.1) is 13.8 Å². The van der Waals surface area contributed by atoms with Gasteiger partial charge in [-0.15, -0.1) is 0 Å². The first-order valence-electron chi connectivity index (χ1n) is 6.84. The van der Waals surface area contributed by atoms with E-state index in [0.29, 0.717) is 17.1 Å². The number of hydrogen-bond donors (Lipinski definition) is 2. The van der Waals surface area contributed by atoms with Crippen LogP contribution in [0.4, 0.5) is 0 Å². The molecule has 21 heavy (non-hydrogen) atoms. The molecule has 2 N–H and O–H groups in total. The van der Waals surface area contributed by atoms with Gasteiger partial charge in [-0.05, 0) is 44.2 Å². The van der Waals surface area contributed by atoms with Crippen molar-refractivity contribution < 1.29 is 9.90 Å². The number of carbonyl (C=O) groups excluding carboxylic acids is 1. The Labute approximate surface area is 129 Å². The Morgan fingerprint density at radius 3 is 2.57 bits per heavy atom. The van der Waals surface area contributed by atoms with E-state index in [4.69, 9.17) is 16.7 Å². The summed E-state index contributed by atoms with van der Waals surface area (Å²) < 4.78 is 2.04. The van der Waals surface area contributed by atoms with Crippen LogP contribution in [0.3, 0.4) is 0 Å². The normalized spacial score (nSPS) is 10.9. The van der Waals surface area contributed by atoms with Crippen LogP contribution in [0.5, 0.6) is 0 Å². The number of carbonyl (C=O) groups is 1. The Balaban J connectivity index is 2.29.